The third-order valence-corrected chi connectivity index (χ3v) is 6.40. The fraction of sp³-hybridized carbons (Fsp3) is 0.379. The molecule has 0 fully saturated rings. The highest BCUT2D eigenvalue weighted by molar-refractivity contribution is 5.99. The van der Waals surface area contributed by atoms with Crippen LogP contribution in [0.15, 0.2) is 42.5 Å². The van der Waals surface area contributed by atoms with Crippen molar-refractivity contribution in [1.29, 1.82) is 0 Å². The first-order valence-corrected chi connectivity index (χ1v) is 12.5. The molecule has 1 atom stereocenters. The van der Waals surface area contributed by atoms with E-state index in [1.165, 1.54) is 6.92 Å². The van der Waals surface area contributed by atoms with E-state index in [1.807, 2.05) is 25.1 Å². The number of carbonyl (C=O) groups excluding carboxylic acids is 4. The second-order valence-corrected chi connectivity index (χ2v) is 9.36. The summed E-state index contributed by atoms with van der Waals surface area (Å²) in [7, 11) is 1.60. The molecular formula is C29H35N3O5. The number of carbonyl (C=O) groups is 4. The van der Waals surface area contributed by atoms with Crippen LogP contribution in [0.25, 0.3) is 10.9 Å². The molecule has 1 unspecified atom stereocenters. The lowest BCUT2D eigenvalue weighted by Crippen LogP contribution is -2.44. The van der Waals surface area contributed by atoms with Crippen LogP contribution in [0.1, 0.15) is 67.6 Å². The Kier molecular flexibility index (Phi) is 9.60. The van der Waals surface area contributed by atoms with E-state index in [-0.39, 0.29) is 29.8 Å². The summed E-state index contributed by atoms with van der Waals surface area (Å²) in [6.07, 6.45) is 3.30. The summed E-state index contributed by atoms with van der Waals surface area (Å²) < 4.78 is 5.34. The summed E-state index contributed by atoms with van der Waals surface area (Å²) in [5.41, 5.74) is 3.75. The highest BCUT2D eigenvalue weighted by Crippen LogP contribution is 2.27. The molecule has 0 bridgehead atoms. The van der Waals surface area contributed by atoms with Crippen LogP contribution in [0, 0.1) is 6.92 Å². The average molecular weight is 506 g/mol. The second-order valence-electron chi connectivity index (χ2n) is 9.36. The molecule has 2 aromatic carbocycles. The van der Waals surface area contributed by atoms with E-state index in [0.29, 0.717) is 36.3 Å². The van der Waals surface area contributed by atoms with Crippen LogP contribution < -0.4 is 15.4 Å². The molecule has 1 aromatic heterocycles. The number of rotatable bonds is 13. The number of amides is 2. The van der Waals surface area contributed by atoms with Gasteiger partial charge in [0, 0.05) is 34.3 Å². The van der Waals surface area contributed by atoms with Gasteiger partial charge in [-0.15, -0.1) is 0 Å². The number of aryl methyl sites for hydroxylation is 1. The van der Waals surface area contributed by atoms with Crippen LogP contribution in [0.3, 0.4) is 0 Å². The van der Waals surface area contributed by atoms with Gasteiger partial charge in [-0.3, -0.25) is 14.4 Å². The second kappa shape index (κ2) is 12.9. The van der Waals surface area contributed by atoms with Crippen molar-refractivity contribution < 1.29 is 23.9 Å². The zero-order valence-corrected chi connectivity index (χ0v) is 21.9. The highest BCUT2D eigenvalue weighted by Gasteiger charge is 2.22. The van der Waals surface area contributed by atoms with E-state index in [0.717, 1.165) is 35.0 Å². The first-order valence-electron chi connectivity index (χ1n) is 12.5. The highest BCUT2D eigenvalue weighted by atomic mass is 16.5. The SMILES string of the molecule is COc1ccc2[nH]c(C)c(CC(=O)NC(CCCCCC(C)=O)C(=O)Nc3ccc(C(C)=O)cc3)c2c1. The molecule has 0 spiro atoms. The fourth-order valence-corrected chi connectivity index (χ4v) is 4.31. The van der Waals surface area contributed by atoms with Gasteiger partial charge in [0.15, 0.2) is 5.78 Å². The van der Waals surface area contributed by atoms with Crippen molar-refractivity contribution >= 4 is 40.0 Å². The Morgan fingerprint density at radius 2 is 1.70 bits per heavy atom. The number of nitrogens with one attached hydrogen (secondary N) is 3. The Hall–Kier alpha value is -3.94. The van der Waals surface area contributed by atoms with E-state index < -0.39 is 6.04 Å². The van der Waals surface area contributed by atoms with Crippen LogP contribution in [0.5, 0.6) is 5.75 Å². The monoisotopic (exact) mass is 505 g/mol. The number of unbranched alkanes of at least 4 members (excludes halogenated alkanes) is 2. The molecule has 3 rings (SSSR count). The van der Waals surface area contributed by atoms with Gasteiger partial charge >= 0.3 is 0 Å². The summed E-state index contributed by atoms with van der Waals surface area (Å²) in [4.78, 5) is 52.3. The molecule has 2 amide bonds. The van der Waals surface area contributed by atoms with Gasteiger partial charge in [0.1, 0.15) is 17.6 Å². The Bertz CT molecular complexity index is 1280. The van der Waals surface area contributed by atoms with Crippen molar-refractivity contribution in [2.75, 3.05) is 12.4 Å². The number of aromatic nitrogens is 1. The molecule has 1 heterocycles. The van der Waals surface area contributed by atoms with Crippen LogP contribution in [0.2, 0.25) is 0 Å². The van der Waals surface area contributed by atoms with Gasteiger partial charge in [-0.05, 0) is 81.6 Å². The van der Waals surface area contributed by atoms with Crippen LogP contribution in [0.4, 0.5) is 5.69 Å². The maximum absolute atomic E-state index is 13.1. The number of Topliss-reactive ketones (excluding diaryl/α,β-unsaturated/α-hetero) is 2. The average Bonchev–Trinajstić information content (AvgIpc) is 3.17. The van der Waals surface area contributed by atoms with Crippen molar-refractivity contribution in [2.24, 2.45) is 0 Å². The number of ether oxygens (including phenoxy) is 1. The van der Waals surface area contributed by atoms with E-state index in [1.54, 1.807) is 38.3 Å². The molecule has 37 heavy (non-hydrogen) atoms. The number of hydrogen-bond donors (Lipinski definition) is 3. The van der Waals surface area contributed by atoms with Gasteiger partial charge in [-0.2, -0.15) is 0 Å². The molecule has 3 aromatic rings. The lowest BCUT2D eigenvalue weighted by molar-refractivity contribution is -0.126. The third kappa shape index (κ3) is 7.77. The molecule has 0 radical (unpaired) electrons. The van der Waals surface area contributed by atoms with Crippen molar-refractivity contribution in [3.8, 4) is 5.75 Å². The van der Waals surface area contributed by atoms with Gasteiger partial charge < -0.3 is 25.1 Å². The Balaban J connectivity index is 1.71. The van der Waals surface area contributed by atoms with E-state index in [9.17, 15) is 19.2 Å². The van der Waals surface area contributed by atoms with Gasteiger partial charge in [0.2, 0.25) is 11.8 Å². The molecule has 196 valence electrons. The number of H-pyrrole nitrogens is 1. The van der Waals surface area contributed by atoms with Gasteiger partial charge in [0.05, 0.1) is 13.5 Å². The summed E-state index contributed by atoms with van der Waals surface area (Å²) in [6, 6.07) is 11.6. The summed E-state index contributed by atoms with van der Waals surface area (Å²) in [6.45, 7) is 4.96. The molecule has 3 N–H and O–H groups in total. The number of anilines is 1. The number of ketones is 2. The molecule has 0 saturated heterocycles. The normalized spacial score (nSPS) is 11.7. The van der Waals surface area contributed by atoms with Gasteiger partial charge in [0.25, 0.3) is 0 Å². The van der Waals surface area contributed by atoms with E-state index in [4.69, 9.17) is 4.74 Å². The summed E-state index contributed by atoms with van der Waals surface area (Å²) in [5, 5.41) is 6.66. The number of hydrogen-bond acceptors (Lipinski definition) is 5. The van der Waals surface area contributed by atoms with Crippen molar-refractivity contribution in [3.63, 3.8) is 0 Å². The quantitative estimate of drug-likeness (QED) is 0.226. The zero-order chi connectivity index (χ0) is 26.9. The van der Waals surface area contributed by atoms with Crippen molar-refractivity contribution in [2.45, 2.75) is 65.3 Å². The summed E-state index contributed by atoms with van der Waals surface area (Å²) in [5.74, 6) is 0.198. The lowest BCUT2D eigenvalue weighted by atomic mass is 10.0. The topological polar surface area (TPSA) is 117 Å². The molecule has 0 aliphatic carbocycles. The van der Waals surface area contributed by atoms with Crippen LogP contribution >= 0.6 is 0 Å². The third-order valence-electron chi connectivity index (χ3n) is 6.40. The number of fused-ring (bicyclic) bond motifs is 1. The Morgan fingerprint density at radius 3 is 2.35 bits per heavy atom. The Labute approximate surface area is 217 Å². The van der Waals surface area contributed by atoms with Crippen molar-refractivity contribution in [3.05, 3.63) is 59.3 Å². The predicted molar refractivity (Wildman–Crippen MR) is 144 cm³/mol. The smallest absolute Gasteiger partial charge is 0.246 e. The van der Waals surface area contributed by atoms with E-state index >= 15 is 0 Å². The Morgan fingerprint density at radius 1 is 0.973 bits per heavy atom. The minimum atomic E-state index is -0.739. The standard InChI is InChI=1S/C29H35N3O5/c1-18(33)8-6-5-7-9-27(29(36)31-22-12-10-21(11-13-22)20(3)34)32-28(35)17-24-19(2)30-26-15-14-23(37-4)16-25(24)26/h10-16,27,30H,5-9,17H2,1-4H3,(H,31,36)(H,32,35). The maximum Gasteiger partial charge on any atom is 0.246 e. The molecule has 0 aliphatic rings. The number of aromatic amines is 1. The number of benzene rings is 2. The van der Waals surface area contributed by atoms with Crippen molar-refractivity contribution in [1.82, 2.24) is 10.3 Å². The zero-order valence-electron chi connectivity index (χ0n) is 21.9. The predicted octanol–water partition coefficient (Wildman–Crippen LogP) is 4.89. The van der Waals surface area contributed by atoms with Gasteiger partial charge in [-0.25, -0.2) is 0 Å². The maximum atomic E-state index is 13.1. The summed E-state index contributed by atoms with van der Waals surface area (Å²) >= 11 is 0. The first-order chi connectivity index (χ1) is 17.7. The van der Waals surface area contributed by atoms with E-state index in [2.05, 4.69) is 15.6 Å². The molecule has 0 aliphatic heterocycles. The largest absolute Gasteiger partial charge is 0.497 e. The molecule has 8 heteroatoms. The minimum absolute atomic E-state index is 0.0567. The number of methoxy groups -OCH3 is 1. The molecule has 8 nitrogen and oxygen atoms in total. The fourth-order valence-electron chi connectivity index (χ4n) is 4.31. The lowest BCUT2D eigenvalue weighted by Gasteiger charge is -2.19. The molecule has 0 saturated carbocycles. The van der Waals surface area contributed by atoms with Gasteiger partial charge in [-0.1, -0.05) is 12.8 Å². The van der Waals surface area contributed by atoms with Crippen LogP contribution in [-0.4, -0.2) is 41.5 Å². The first kappa shape index (κ1) is 27.6. The van der Waals surface area contributed by atoms with Crippen LogP contribution in [-0.2, 0) is 20.8 Å². The molecular weight excluding hydrogens is 470 g/mol. The minimum Gasteiger partial charge on any atom is -0.497 e.